The van der Waals surface area contributed by atoms with Gasteiger partial charge in [-0.15, -0.1) is 6.07 Å². The number of anilines is 1. The second kappa shape index (κ2) is 9.58. The summed E-state index contributed by atoms with van der Waals surface area (Å²) < 4.78 is 0. The molecule has 0 spiro atoms. The summed E-state index contributed by atoms with van der Waals surface area (Å²) >= 11 is 0. The van der Waals surface area contributed by atoms with Crippen LogP contribution >= 0.6 is 0 Å². The number of rotatable bonds is 1. The van der Waals surface area contributed by atoms with Gasteiger partial charge in [0, 0.05) is 6.42 Å². The van der Waals surface area contributed by atoms with Gasteiger partial charge in [-0.25, -0.2) is 0 Å². The van der Waals surface area contributed by atoms with Crippen LogP contribution in [0.5, 0.6) is 0 Å². The zero-order chi connectivity index (χ0) is 9.40. The van der Waals surface area contributed by atoms with Crippen molar-refractivity contribution in [3.8, 4) is 0 Å². The van der Waals surface area contributed by atoms with Gasteiger partial charge in [0.1, 0.15) is 0 Å². The minimum atomic E-state index is -0.745. The van der Waals surface area contributed by atoms with E-state index < -0.39 is 5.97 Å². The van der Waals surface area contributed by atoms with E-state index in [1.165, 1.54) is 0 Å². The first-order chi connectivity index (χ1) is 5.66. The predicted molar refractivity (Wildman–Crippen MR) is 47.6 cm³/mol. The van der Waals surface area contributed by atoms with Crippen LogP contribution < -0.4 is 35.3 Å². The molecule has 0 fully saturated rings. The SMILES string of the molecule is CCC(=O)O.Nc1[c-]cccc1.[Na+]. The van der Waals surface area contributed by atoms with Crippen molar-refractivity contribution in [3.05, 3.63) is 30.3 Å². The van der Waals surface area contributed by atoms with Crippen molar-refractivity contribution in [1.82, 2.24) is 0 Å². The summed E-state index contributed by atoms with van der Waals surface area (Å²) in [5.41, 5.74) is 6.00. The Morgan fingerprint density at radius 3 is 2.31 bits per heavy atom. The second-order valence-electron chi connectivity index (χ2n) is 2.07. The maximum absolute atomic E-state index is 9.37. The third-order valence-corrected chi connectivity index (χ3v) is 1.04. The minimum Gasteiger partial charge on any atom is -0.481 e. The van der Waals surface area contributed by atoms with Crippen LogP contribution in [0.2, 0.25) is 0 Å². The maximum Gasteiger partial charge on any atom is 1.00 e. The number of nitrogen functional groups attached to an aromatic ring is 1. The quantitative estimate of drug-likeness (QED) is 0.323. The molecule has 0 aliphatic rings. The molecule has 0 heterocycles. The number of carbonyl (C=O) groups is 1. The first kappa shape index (κ1) is 15.0. The van der Waals surface area contributed by atoms with Crippen LogP contribution in [-0.2, 0) is 4.79 Å². The average molecular weight is 189 g/mol. The van der Waals surface area contributed by atoms with E-state index in [-0.39, 0.29) is 36.0 Å². The zero-order valence-electron chi connectivity index (χ0n) is 7.95. The molecule has 0 saturated carbocycles. The molecular weight excluding hydrogens is 177 g/mol. The van der Waals surface area contributed by atoms with E-state index >= 15 is 0 Å². The normalized spacial score (nSPS) is 7.46. The Kier molecular flexibility index (Phi) is 11.0. The molecular formula is C9H12NNaO2. The van der Waals surface area contributed by atoms with Gasteiger partial charge in [-0.05, 0) is 0 Å². The minimum absolute atomic E-state index is 0. The molecule has 4 heteroatoms. The molecule has 66 valence electrons. The van der Waals surface area contributed by atoms with Crippen LogP contribution in [0.3, 0.4) is 0 Å². The van der Waals surface area contributed by atoms with E-state index in [1.807, 2.05) is 12.1 Å². The number of para-hydroxylation sites is 1. The topological polar surface area (TPSA) is 63.3 Å². The maximum atomic E-state index is 9.37. The molecule has 13 heavy (non-hydrogen) atoms. The zero-order valence-corrected chi connectivity index (χ0v) is 9.95. The van der Waals surface area contributed by atoms with Crippen molar-refractivity contribution in [2.24, 2.45) is 0 Å². The molecule has 0 aromatic heterocycles. The van der Waals surface area contributed by atoms with Crippen molar-refractivity contribution in [1.29, 1.82) is 0 Å². The van der Waals surface area contributed by atoms with Crippen LogP contribution in [0.1, 0.15) is 13.3 Å². The third-order valence-electron chi connectivity index (χ3n) is 1.04. The smallest absolute Gasteiger partial charge is 0.481 e. The molecule has 0 amide bonds. The molecule has 3 N–H and O–H groups in total. The summed E-state index contributed by atoms with van der Waals surface area (Å²) in [5, 5.41) is 7.72. The Labute approximate surface area is 100 Å². The van der Waals surface area contributed by atoms with Crippen molar-refractivity contribution in [2.75, 3.05) is 5.73 Å². The Balaban J connectivity index is 0. The van der Waals surface area contributed by atoms with Gasteiger partial charge < -0.3 is 10.8 Å². The van der Waals surface area contributed by atoms with E-state index in [2.05, 4.69) is 6.07 Å². The van der Waals surface area contributed by atoms with Gasteiger partial charge in [0.2, 0.25) is 0 Å². The van der Waals surface area contributed by atoms with Crippen LogP contribution in [0.4, 0.5) is 5.69 Å². The van der Waals surface area contributed by atoms with Crippen molar-refractivity contribution < 1.29 is 39.5 Å². The fraction of sp³-hybridized carbons (Fsp3) is 0.222. The van der Waals surface area contributed by atoms with Crippen LogP contribution in [0.15, 0.2) is 24.3 Å². The van der Waals surface area contributed by atoms with Crippen LogP contribution in [-0.4, -0.2) is 11.1 Å². The van der Waals surface area contributed by atoms with E-state index in [1.54, 1.807) is 19.1 Å². The van der Waals surface area contributed by atoms with Gasteiger partial charge in [-0.3, -0.25) is 4.79 Å². The number of aliphatic carboxylic acids is 1. The molecule has 0 aliphatic carbocycles. The Morgan fingerprint density at radius 2 is 2.15 bits per heavy atom. The van der Waals surface area contributed by atoms with Gasteiger partial charge in [0.15, 0.2) is 0 Å². The largest absolute Gasteiger partial charge is 1.00 e. The molecule has 0 radical (unpaired) electrons. The standard InChI is InChI=1S/C6H6N.C3H6O2.Na/c7-6-4-2-1-3-5-6;1-2-3(4)5;/h1-4H,7H2;2H2,1H3,(H,4,5);/q-1;;+1. The number of carboxylic acids is 1. The van der Waals surface area contributed by atoms with E-state index in [0.717, 1.165) is 0 Å². The van der Waals surface area contributed by atoms with Gasteiger partial charge in [0.05, 0.1) is 0 Å². The molecule has 0 aliphatic heterocycles. The summed E-state index contributed by atoms with van der Waals surface area (Å²) in [6, 6.07) is 10.2. The van der Waals surface area contributed by atoms with Gasteiger partial charge in [-0.1, -0.05) is 12.6 Å². The Morgan fingerprint density at radius 1 is 1.62 bits per heavy atom. The predicted octanol–water partition coefficient (Wildman–Crippen LogP) is -1.45. The summed E-state index contributed by atoms with van der Waals surface area (Å²) in [7, 11) is 0. The number of hydrogen-bond donors (Lipinski definition) is 2. The molecule has 1 aromatic rings. The molecule has 0 atom stereocenters. The number of nitrogens with two attached hydrogens (primary N) is 1. The monoisotopic (exact) mass is 189 g/mol. The van der Waals surface area contributed by atoms with E-state index in [4.69, 9.17) is 10.8 Å². The second-order valence-corrected chi connectivity index (χ2v) is 2.07. The van der Waals surface area contributed by atoms with Crippen molar-refractivity contribution in [2.45, 2.75) is 13.3 Å². The molecule has 0 saturated heterocycles. The molecule has 1 rings (SSSR count). The summed E-state index contributed by atoms with van der Waals surface area (Å²) in [4.78, 5) is 9.37. The number of hydrogen-bond acceptors (Lipinski definition) is 2. The Bertz CT molecular complexity index is 226. The molecule has 0 unspecified atom stereocenters. The summed E-state index contributed by atoms with van der Waals surface area (Å²) in [5.74, 6) is -0.745. The van der Waals surface area contributed by atoms with E-state index in [9.17, 15) is 4.79 Å². The van der Waals surface area contributed by atoms with Gasteiger partial charge in [0.25, 0.3) is 0 Å². The molecule has 3 nitrogen and oxygen atoms in total. The third kappa shape index (κ3) is 11.5. The number of benzene rings is 1. The summed E-state index contributed by atoms with van der Waals surface area (Å²) in [6.07, 6.45) is 0.222. The van der Waals surface area contributed by atoms with Crippen LogP contribution in [0.25, 0.3) is 0 Å². The van der Waals surface area contributed by atoms with E-state index in [0.29, 0.717) is 5.69 Å². The molecule has 0 bridgehead atoms. The Hall–Kier alpha value is -0.510. The fourth-order valence-corrected chi connectivity index (χ4v) is 0.407. The first-order valence-corrected chi connectivity index (χ1v) is 3.60. The van der Waals surface area contributed by atoms with Crippen molar-refractivity contribution >= 4 is 11.7 Å². The van der Waals surface area contributed by atoms with Gasteiger partial charge in [-0.2, -0.15) is 24.3 Å². The number of carboxylic acid groups (broad SMARTS) is 1. The van der Waals surface area contributed by atoms with Gasteiger partial charge >= 0.3 is 35.5 Å². The summed E-state index contributed by atoms with van der Waals surface area (Å²) in [6.45, 7) is 1.60. The van der Waals surface area contributed by atoms with Crippen molar-refractivity contribution in [3.63, 3.8) is 0 Å². The average Bonchev–Trinajstić information content (AvgIpc) is 2.07. The molecule has 1 aromatic carbocycles. The van der Waals surface area contributed by atoms with Crippen LogP contribution in [0, 0.1) is 6.07 Å². The first-order valence-electron chi connectivity index (χ1n) is 3.60. The fourth-order valence-electron chi connectivity index (χ4n) is 0.407.